The molecule has 144 valence electrons. The van der Waals surface area contributed by atoms with Crippen molar-refractivity contribution in [1.82, 2.24) is 4.90 Å². The molecule has 0 aromatic rings. The first-order chi connectivity index (χ1) is 11.1. The van der Waals surface area contributed by atoms with Gasteiger partial charge >= 0.3 is 0 Å². The Hall–Kier alpha value is -0.0800. The van der Waals surface area contributed by atoms with Crippen LogP contribution in [0.2, 0.25) is 0 Å². The Kier molecular flexibility index (Phi) is 22.0. The number of likely N-dealkylation sites (tertiary alicyclic amines) is 1. The lowest BCUT2D eigenvalue weighted by atomic mass is 9.68. The number of piperidine rings is 1. The summed E-state index contributed by atoms with van der Waals surface area (Å²) in [5, 5.41) is 0. The van der Waals surface area contributed by atoms with Gasteiger partial charge in [-0.15, -0.1) is 0 Å². The van der Waals surface area contributed by atoms with Gasteiger partial charge in [-0.1, -0.05) is 74.7 Å². The van der Waals surface area contributed by atoms with Crippen LogP contribution in [0.15, 0.2) is 0 Å². The maximum Gasteiger partial charge on any atom is 0.0646 e. The van der Waals surface area contributed by atoms with E-state index < -0.39 is 0 Å². The summed E-state index contributed by atoms with van der Waals surface area (Å²) < 4.78 is 5.52. The highest BCUT2D eigenvalue weighted by molar-refractivity contribution is 4.98. The van der Waals surface area contributed by atoms with E-state index in [0.717, 1.165) is 18.4 Å². The predicted octanol–water partition coefficient (Wildman–Crippen LogP) is 6.64. The van der Waals surface area contributed by atoms with E-state index in [0.29, 0.717) is 0 Å². The van der Waals surface area contributed by atoms with Gasteiger partial charge in [-0.05, 0) is 45.2 Å². The SMILES string of the molecule is CC.CC.CC.CCCC1CCN(C)C(C)(COC)C1CCC. The van der Waals surface area contributed by atoms with E-state index in [2.05, 4.69) is 32.7 Å². The van der Waals surface area contributed by atoms with Crippen LogP contribution >= 0.6 is 0 Å². The molecule has 3 atom stereocenters. The predicted molar refractivity (Wildman–Crippen MR) is 108 cm³/mol. The van der Waals surface area contributed by atoms with Crippen molar-refractivity contribution in [3.8, 4) is 0 Å². The second-order valence-electron chi connectivity index (χ2n) is 5.94. The molecule has 0 bridgehead atoms. The minimum Gasteiger partial charge on any atom is -0.383 e. The van der Waals surface area contributed by atoms with Gasteiger partial charge < -0.3 is 4.74 Å². The standard InChI is InChI=1S/C15H31NO.3C2H6/c1-6-8-13-10-11-16(4)15(3,12-17-5)14(13)9-7-2;3*1-2/h13-14H,6-12H2,1-5H3;3*1-2H3. The number of methoxy groups -OCH3 is 1. The molecular formula is C21H49NO. The van der Waals surface area contributed by atoms with Crippen LogP contribution in [0.5, 0.6) is 0 Å². The first kappa shape index (κ1) is 27.8. The molecule has 0 amide bonds. The fraction of sp³-hybridized carbons (Fsp3) is 1.00. The zero-order chi connectivity index (χ0) is 18.9. The molecule has 1 aliphatic heterocycles. The second-order valence-corrected chi connectivity index (χ2v) is 5.94. The molecule has 1 fully saturated rings. The van der Waals surface area contributed by atoms with Gasteiger partial charge in [0.25, 0.3) is 0 Å². The molecule has 1 aliphatic rings. The molecule has 2 heteroatoms. The van der Waals surface area contributed by atoms with Crippen molar-refractivity contribution >= 4 is 0 Å². The molecule has 1 rings (SSSR count). The van der Waals surface area contributed by atoms with Gasteiger partial charge in [0.2, 0.25) is 0 Å². The molecule has 0 radical (unpaired) electrons. The van der Waals surface area contributed by atoms with Crippen LogP contribution < -0.4 is 0 Å². The highest BCUT2D eigenvalue weighted by atomic mass is 16.5. The molecule has 0 aromatic heterocycles. The van der Waals surface area contributed by atoms with Crippen molar-refractivity contribution in [2.45, 2.75) is 100.0 Å². The van der Waals surface area contributed by atoms with E-state index in [9.17, 15) is 0 Å². The van der Waals surface area contributed by atoms with Crippen LogP contribution in [0.1, 0.15) is 94.4 Å². The van der Waals surface area contributed by atoms with Gasteiger partial charge in [0.15, 0.2) is 0 Å². The van der Waals surface area contributed by atoms with Gasteiger partial charge in [-0.25, -0.2) is 0 Å². The topological polar surface area (TPSA) is 12.5 Å². The van der Waals surface area contributed by atoms with Crippen LogP contribution in [0, 0.1) is 11.8 Å². The van der Waals surface area contributed by atoms with Crippen LogP contribution in [-0.2, 0) is 4.74 Å². The highest BCUT2D eigenvalue weighted by Crippen LogP contribution is 2.41. The van der Waals surface area contributed by atoms with Crippen molar-refractivity contribution in [2.75, 3.05) is 27.3 Å². The molecule has 1 saturated heterocycles. The van der Waals surface area contributed by atoms with Crippen molar-refractivity contribution in [3.63, 3.8) is 0 Å². The van der Waals surface area contributed by atoms with Gasteiger partial charge in [0.05, 0.1) is 6.61 Å². The van der Waals surface area contributed by atoms with Gasteiger partial charge in [-0.2, -0.15) is 0 Å². The summed E-state index contributed by atoms with van der Waals surface area (Å²) >= 11 is 0. The first-order valence-electron chi connectivity index (χ1n) is 10.3. The van der Waals surface area contributed by atoms with Gasteiger partial charge in [0.1, 0.15) is 0 Å². The number of likely N-dealkylation sites (N-methyl/N-ethyl adjacent to an activating group) is 1. The number of ether oxygens (including phenoxy) is 1. The molecule has 0 aromatic carbocycles. The molecule has 0 aliphatic carbocycles. The number of nitrogens with zero attached hydrogens (tertiary/aromatic N) is 1. The third-order valence-corrected chi connectivity index (χ3v) is 4.77. The van der Waals surface area contributed by atoms with E-state index in [-0.39, 0.29) is 5.54 Å². The highest BCUT2D eigenvalue weighted by Gasteiger charge is 2.44. The number of hydrogen-bond acceptors (Lipinski definition) is 2. The summed E-state index contributed by atoms with van der Waals surface area (Å²) in [7, 11) is 4.11. The maximum atomic E-state index is 5.52. The fourth-order valence-corrected chi connectivity index (χ4v) is 3.69. The minimum absolute atomic E-state index is 0.239. The summed E-state index contributed by atoms with van der Waals surface area (Å²) in [6, 6.07) is 0. The van der Waals surface area contributed by atoms with Gasteiger partial charge in [-0.3, -0.25) is 4.90 Å². The van der Waals surface area contributed by atoms with E-state index in [1.165, 1.54) is 38.6 Å². The molecule has 0 saturated carbocycles. The zero-order valence-electron chi connectivity index (χ0n) is 18.5. The molecule has 0 spiro atoms. The van der Waals surface area contributed by atoms with Gasteiger partial charge in [0, 0.05) is 12.6 Å². The van der Waals surface area contributed by atoms with Crippen LogP contribution in [0.25, 0.3) is 0 Å². The Morgan fingerprint density at radius 3 is 1.83 bits per heavy atom. The average Bonchev–Trinajstić information content (AvgIpc) is 2.60. The minimum atomic E-state index is 0.239. The summed E-state index contributed by atoms with van der Waals surface area (Å²) in [5.41, 5.74) is 0.239. The summed E-state index contributed by atoms with van der Waals surface area (Å²) in [5.74, 6) is 1.70. The Labute approximate surface area is 149 Å². The quantitative estimate of drug-likeness (QED) is 0.541. The Morgan fingerprint density at radius 2 is 1.43 bits per heavy atom. The number of hydrogen-bond donors (Lipinski definition) is 0. The fourth-order valence-electron chi connectivity index (χ4n) is 3.69. The maximum absolute atomic E-state index is 5.52. The lowest BCUT2D eigenvalue weighted by Crippen LogP contribution is -2.59. The summed E-state index contributed by atoms with van der Waals surface area (Å²) in [6.45, 7) is 21.1. The Morgan fingerprint density at radius 1 is 0.957 bits per heavy atom. The second kappa shape index (κ2) is 18.3. The van der Waals surface area contributed by atoms with Crippen molar-refractivity contribution in [3.05, 3.63) is 0 Å². The van der Waals surface area contributed by atoms with Crippen LogP contribution in [0.4, 0.5) is 0 Å². The largest absolute Gasteiger partial charge is 0.383 e. The molecule has 1 heterocycles. The zero-order valence-corrected chi connectivity index (χ0v) is 18.5. The Balaban J connectivity index is -0.000000595. The van der Waals surface area contributed by atoms with Crippen molar-refractivity contribution in [2.24, 2.45) is 11.8 Å². The van der Waals surface area contributed by atoms with E-state index in [1.54, 1.807) is 0 Å². The molecule has 3 unspecified atom stereocenters. The third kappa shape index (κ3) is 9.10. The third-order valence-electron chi connectivity index (χ3n) is 4.77. The summed E-state index contributed by atoms with van der Waals surface area (Å²) in [6.07, 6.45) is 6.71. The summed E-state index contributed by atoms with van der Waals surface area (Å²) in [4.78, 5) is 2.53. The molecule has 0 N–H and O–H groups in total. The first-order valence-corrected chi connectivity index (χ1v) is 10.3. The molecule has 2 nitrogen and oxygen atoms in total. The van der Waals surface area contributed by atoms with Crippen LogP contribution in [0.3, 0.4) is 0 Å². The number of rotatable bonds is 6. The van der Waals surface area contributed by atoms with Crippen molar-refractivity contribution in [1.29, 1.82) is 0 Å². The van der Waals surface area contributed by atoms with E-state index in [4.69, 9.17) is 4.74 Å². The lowest BCUT2D eigenvalue weighted by Gasteiger charge is -2.52. The van der Waals surface area contributed by atoms with E-state index in [1.807, 2.05) is 48.7 Å². The average molecular weight is 332 g/mol. The monoisotopic (exact) mass is 331 g/mol. The molecule has 23 heavy (non-hydrogen) atoms. The lowest BCUT2D eigenvalue weighted by molar-refractivity contribution is -0.0616. The molecular weight excluding hydrogens is 282 g/mol. The van der Waals surface area contributed by atoms with Crippen molar-refractivity contribution < 1.29 is 4.74 Å². The van der Waals surface area contributed by atoms with Crippen LogP contribution in [-0.4, -0.2) is 37.7 Å². The normalized spacial score (nSPS) is 26.7. The van der Waals surface area contributed by atoms with E-state index >= 15 is 0 Å². The smallest absolute Gasteiger partial charge is 0.0646 e. The Bertz CT molecular complexity index is 220.